The summed E-state index contributed by atoms with van der Waals surface area (Å²) >= 11 is 0. The zero-order valence-electron chi connectivity index (χ0n) is 12.4. The van der Waals surface area contributed by atoms with E-state index in [1.54, 1.807) is 25.1 Å². The monoisotopic (exact) mass is 281 g/mol. The van der Waals surface area contributed by atoms with Gasteiger partial charge in [0.05, 0.1) is 12.7 Å². The van der Waals surface area contributed by atoms with Crippen LogP contribution < -0.4 is 15.8 Å². The lowest BCUT2D eigenvalue weighted by Gasteiger charge is -2.27. The highest BCUT2D eigenvalue weighted by Crippen LogP contribution is 2.23. The number of nitrogens with two attached hydrogens (primary N) is 1. The van der Waals surface area contributed by atoms with Crippen LogP contribution in [0.2, 0.25) is 0 Å². The van der Waals surface area contributed by atoms with Crippen LogP contribution in [-0.4, -0.2) is 55.8 Å². The van der Waals surface area contributed by atoms with Gasteiger partial charge < -0.3 is 25.8 Å². The van der Waals surface area contributed by atoms with Crippen molar-refractivity contribution in [2.24, 2.45) is 0 Å². The summed E-state index contributed by atoms with van der Waals surface area (Å²) in [6, 6.07) is 5.02. The maximum absolute atomic E-state index is 12.2. The molecule has 0 heterocycles. The molecule has 20 heavy (non-hydrogen) atoms. The molecule has 0 bridgehead atoms. The Labute approximate surface area is 119 Å². The van der Waals surface area contributed by atoms with Crippen LogP contribution in [-0.2, 0) is 0 Å². The van der Waals surface area contributed by atoms with E-state index in [1.165, 1.54) is 7.11 Å². The third-order valence-electron chi connectivity index (χ3n) is 2.79. The van der Waals surface area contributed by atoms with Crippen LogP contribution in [0.5, 0.6) is 5.75 Å². The molecule has 0 aliphatic heterocycles. The molecule has 6 nitrogen and oxygen atoms in total. The summed E-state index contributed by atoms with van der Waals surface area (Å²) in [6.07, 6.45) is 0. The predicted octanol–water partition coefficient (Wildman–Crippen LogP) is 0.320. The third kappa shape index (κ3) is 4.40. The number of ether oxygens (including phenoxy) is 1. The number of benzene rings is 1. The van der Waals surface area contributed by atoms with Crippen molar-refractivity contribution in [2.45, 2.75) is 12.5 Å². The number of nitrogens with one attached hydrogen (secondary N) is 1. The number of anilines is 1. The Hall–Kier alpha value is -1.79. The molecule has 0 saturated carbocycles. The Balaban J connectivity index is 2.78. The number of methoxy groups -OCH3 is 1. The second-order valence-electron chi connectivity index (χ2n) is 5.34. The van der Waals surface area contributed by atoms with Gasteiger partial charge in [0.15, 0.2) is 0 Å². The number of carbonyl (C=O) groups is 1. The molecule has 0 aromatic heterocycles. The first-order valence-corrected chi connectivity index (χ1v) is 6.34. The molecule has 0 aliphatic carbocycles. The molecule has 1 aromatic rings. The van der Waals surface area contributed by atoms with Gasteiger partial charge in [0.25, 0.3) is 5.91 Å². The maximum atomic E-state index is 12.2. The number of amides is 1. The third-order valence-corrected chi connectivity index (χ3v) is 2.79. The molecule has 4 N–H and O–H groups in total. The van der Waals surface area contributed by atoms with E-state index in [2.05, 4.69) is 5.32 Å². The van der Waals surface area contributed by atoms with Crippen LogP contribution in [0.4, 0.5) is 5.69 Å². The fraction of sp³-hybridized carbons (Fsp3) is 0.500. The van der Waals surface area contributed by atoms with Crippen molar-refractivity contribution in [1.29, 1.82) is 0 Å². The Kier molecular flexibility index (Phi) is 5.35. The molecule has 1 aromatic carbocycles. The van der Waals surface area contributed by atoms with Gasteiger partial charge in [-0.2, -0.15) is 0 Å². The smallest absolute Gasteiger partial charge is 0.257 e. The second kappa shape index (κ2) is 6.58. The van der Waals surface area contributed by atoms with Gasteiger partial charge in [0.1, 0.15) is 11.3 Å². The van der Waals surface area contributed by atoms with Crippen molar-refractivity contribution in [2.75, 3.05) is 40.0 Å². The first kappa shape index (κ1) is 16.3. The minimum Gasteiger partial charge on any atom is -0.496 e. The normalized spacial score (nSPS) is 13.9. The fourth-order valence-corrected chi connectivity index (χ4v) is 2.06. The highest BCUT2D eigenvalue weighted by atomic mass is 16.5. The molecule has 1 amide bonds. The molecule has 0 fully saturated rings. The molecule has 0 aliphatic rings. The Morgan fingerprint density at radius 1 is 1.50 bits per heavy atom. The second-order valence-corrected chi connectivity index (χ2v) is 5.34. The first-order valence-electron chi connectivity index (χ1n) is 6.34. The number of carbonyl (C=O) groups excluding carboxylic acids is 1. The summed E-state index contributed by atoms with van der Waals surface area (Å²) in [5.41, 5.74) is 5.42. The molecule has 1 atom stereocenters. The number of aliphatic hydroxyl groups is 1. The number of hydrogen-bond acceptors (Lipinski definition) is 5. The van der Waals surface area contributed by atoms with Crippen LogP contribution in [0.25, 0.3) is 0 Å². The lowest BCUT2D eigenvalue weighted by molar-refractivity contribution is 0.0325. The summed E-state index contributed by atoms with van der Waals surface area (Å²) in [5.74, 6) is 0.0498. The quantitative estimate of drug-likeness (QED) is 0.654. The van der Waals surface area contributed by atoms with E-state index in [4.69, 9.17) is 10.5 Å². The topological polar surface area (TPSA) is 87.8 Å². The predicted molar refractivity (Wildman–Crippen MR) is 78.9 cm³/mol. The molecule has 6 heteroatoms. The maximum Gasteiger partial charge on any atom is 0.257 e. The minimum absolute atomic E-state index is 0.126. The highest BCUT2D eigenvalue weighted by Gasteiger charge is 2.24. The Morgan fingerprint density at radius 3 is 2.70 bits per heavy atom. The molecule has 1 unspecified atom stereocenters. The van der Waals surface area contributed by atoms with Crippen LogP contribution in [0, 0.1) is 0 Å². The number of hydrogen-bond donors (Lipinski definition) is 3. The summed E-state index contributed by atoms with van der Waals surface area (Å²) in [6.45, 7) is 2.23. The van der Waals surface area contributed by atoms with E-state index in [9.17, 15) is 9.90 Å². The van der Waals surface area contributed by atoms with Crippen LogP contribution in [0.15, 0.2) is 18.2 Å². The first-order chi connectivity index (χ1) is 9.26. The molecule has 112 valence electrons. The number of nitrogens with zero attached hydrogens (tertiary/aromatic N) is 1. The zero-order valence-corrected chi connectivity index (χ0v) is 12.4. The van der Waals surface area contributed by atoms with Crippen molar-refractivity contribution in [3.63, 3.8) is 0 Å². The lowest BCUT2D eigenvalue weighted by Crippen LogP contribution is -2.47. The van der Waals surface area contributed by atoms with Gasteiger partial charge in [0, 0.05) is 18.8 Å². The summed E-state index contributed by atoms with van der Waals surface area (Å²) < 4.78 is 5.13. The van der Waals surface area contributed by atoms with Crippen molar-refractivity contribution in [3.8, 4) is 5.75 Å². The van der Waals surface area contributed by atoms with Crippen LogP contribution in [0.3, 0.4) is 0 Å². The zero-order chi connectivity index (χ0) is 15.3. The van der Waals surface area contributed by atoms with E-state index in [0.29, 0.717) is 18.0 Å². The van der Waals surface area contributed by atoms with E-state index in [1.807, 2.05) is 19.0 Å². The van der Waals surface area contributed by atoms with Crippen molar-refractivity contribution in [1.82, 2.24) is 10.2 Å². The standard InChI is InChI=1S/C14H23N3O3/c1-14(19,9-17(2)3)8-16-13(18)12-10(15)6-5-7-11(12)20-4/h5-7,19H,8-9,15H2,1-4H3,(H,16,18). The molecular formula is C14H23N3O3. The molecule has 0 spiro atoms. The van der Waals surface area contributed by atoms with Gasteiger partial charge in [0.2, 0.25) is 0 Å². The summed E-state index contributed by atoms with van der Waals surface area (Å²) in [4.78, 5) is 14.0. The van der Waals surface area contributed by atoms with Gasteiger partial charge in [-0.3, -0.25) is 4.79 Å². The van der Waals surface area contributed by atoms with Gasteiger partial charge in [-0.25, -0.2) is 0 Å². The number of likely N-dealkylation sites (N-methyl/N-ethyl adjacent to an activating group) is 1. The van der Waals surface area contributed by atoms with E-state index < -0.39 is 5.60 Å². The van der Waals surface area contributed by atoms with Gasteiger partial charge in [-0.15, -0.1) is 0 Å². The van der Waals surface area contributed by atoms with Crippen LogP contribution in [0.1, 0.15) is 17.3 Å². The molecule has 0 radical (unpaired) electrons. The molecule has 0 saturated heterocycles. The largest absolute Gasteiger partial charge is 0.496 e. The lowest BCUT2D eigenvalue weighted by atomic mass is 10.1. The minimum atomic E-state index is -1.02. The fourth-order valence-electron chi connectivity index (χ4n) is 2.06. The SMILES string of the molecule is COc1cccc(N)c1C(=O)NCC(C)(O)CN(C)C. The van der Waals surface area contributed by atoms with Crippen molar-refractivity contribution in [3.05, 3.63) is 23.8 Å². The molecule has 1 rings (SSSR count). The number of rotatable bonds is 6. The van der Waals surface area contributed by atoms with Crippen molar-refractivity contribution < 1.29 is 14.6 Å². The van der Waals surface area contributed by atoms with E-state index in [-0.39, 0.29) is 18.0 Å². The average molecular weight is 281 g/mol. The van der Waals surface area contributed by atoms with Crippen LogP contribution >= 0.6 is 0 Å². The highest BCUT2D eigenvalue weighted by molar-refractivity contribution is 6.01. The van der Waals surface area contributed by atoms with E-state index in [0.717, 1.165) is 0 Å². The molecular weight excluding hydrogens is 258 g/mol. The van der Waals surface area contributed by atoms with Gasteiger partial charge in [-0.05, 0) is 33.2 Å². The Morgan fingerprint density at radius 2 is 2.15 bits per heavy atom. The average Bonchev–Trinajstić information content (AvgIpc) is 2.34. The van der Waals surface area contributed by atoms with Gasteiger partial charge in [-0.1, -0.05) is 6.07 Å². The summed E-state index contributed by atoms with van der Waals surface area (Å²) in [5, 5.41) is 12.8. The Bertz CT molecular complexity index is 473. The summed E-state index contributed by atoms with van der Waals surface area (Å²) in [7, 11) is 5.19. The number of nitrogen functional groups attached to an aromatic ring is 1. The van der Waals surface area contributed by atoms with Gasteiger partial charge >= 0.3 is 0 Å². The van der Waals surface area contributed by atoms with Crippen molar-refractivity contribution >= 4 is 11.6 Å². The van der Waals surface area contributed by atoms with E-state index >= 15 is 0 Å².